The summed E-state index contributed by atoms with van der Waals surface area (Å²) in [6.07, 6.45) is 2.10. The van der Waals surface area contributed by atoms with Crippen molar-refractivity contribution in [3.63, 3.8) is 0 Å². The molecule has 0 bridgehead atoms. The van der Waals surface area contributed by atoms with Crippen LogP contribution in [0.4, 0.5) is 8.78 Å². The number of carboxylic acids is 1. The molecule has 1 amide bonds. The highest BCUT2D eigenvalue weighted by Crippen LogP contribution is 2.48. The number of halogens is 2. The molecule has 3 rings (SSSR count). The van der Waals surface area contributed by atoms with E-state index < -0.39 is 29.6 Å². The second kappa shape index (κ2) is 8.08. The van der Waals surface area contributed by atoms with E-state index in [2.05, 4.69) is 5.32 Å². The van der Waals surface area contributed by atoms with Crippen molar-refractivity contribution in [1.82, 2.24) is 5.32 Å². The SMILES string of the molecule is CSc1ccc(C(CC(=O)O)NC(=O)C2CC2c2cccc(F)c2F)cc1. The Kier molecular flexibility index (Phi) is 5.79. The van der Waals surface area contributed by atoms with Crippen molar-refractivity contribution in [2.75, 3.05) is 6.26 Å². The first-order valence-corrected chi connectivity index (χ1v) is 9.73. The van der Waals surface area contributed by atoms with Crippen LogP contribution in [-0.4, -0.2) is 23.2 Å². The van der Waals surface area contributed by atoms with Gasteiger partial charge in [0.1, 0.15) is 0 Å². The molecule has 3 atom stereocenters. The molecule has 0 saturated heterocycles. The van der Waals surface area contributed by atoms with Crippen LogP contribution in [0.3, 0.4) is 0 Å². The average Bonchev–Trinajstić information content (AvgIpc) is 3.44. The van der Waals surface area contributed by atoms with Gasteiger partial charge in [0.15, 0.2) is 11.6 Å². The number of aliphatic carboxylic acids is 1. The van der Waals surface area contributed by atoms with Gasteiger partial charge < -0.3 is 10.4 Å². The lowest BCUT2D eigenvalue weighted by Crippen LogP contribution is -2.31. The molecule has 1 fully saturated rings. The van der Waals surface area contributed by atoms with Crippen molar-refractivity contribution >= 4 is 23.6 Å². The molecular weight excluding hydrogens is 372 g/mol. The molecule has 142 valence electrons. The molecule has 0 spiro atoms. The molecule has 2 aromatic rings. The fraction of sp³-hybridized carbons (Fsp3) is 0.300. The number of nitrogens with one attached hydrogen (secondary N) is 1. The summed E-state index contributed by atoms with van der Waals surface area (Å²) in [5.74, 6) is -4.10. The van der Waals surface area contributed by atoms with Crippen LogP contribution in [0, 0.1) is 17.6 Å². The summed E-state index contributed by atoms with van der Waals surface area (Å²) in [6, 6.07) is 10.6. The fourth-order valence-corrected chi connectivity index (χ4v) is 3.59. The van der Waals surface area contributed by atoms with Gasteiger partial charge in [0.05, 0.1) is 12.5 Å². The first-order valence-electron chi connectivity index (χ1n) is 8.50. The monoisotopic (exact) mass is 391 g/mol. The van der Waals surface area contributed by atoms with Gasteiger partial charge in [-0.3, -0.25) is 9.59 Å². The Morgan fingerprint density at radius 3 is 2.56 bits per heavy atom. The third-order valence-electron chi connectivity index (χ3n) is 4.72. The fourth-order valence-electron chi connectivity index (χ4n) is 3.18. The van der Waals surface area contributed by atoms with E-state index in [-0.39, 0.29) is 23.8 Å². The number of hydrogen-bond donors (Lipinski definition) is 2. The molecule has 0 radical (unpaired) electrons. The maximum atomic E-state index is 13.9. The lowest BCUT2D eigenvalue weighted by atomic mass is 10.0. The van der Waals surface area contributed by atoms with E-state index in [1.807, 2.05) is 18.4 Å². The summed E-state index contributed by atoms with van der Waals surface area (Å²) < 4.78 is 27.3. The van der Waals surface area contributed by atoms with E-state index in [1.165, 1.54) is 12.1 Å². The minimum atomic E-state index is -1.03. The molecule has 4 nitrogen and oxygen atoms in total. The molecule has 0 heterocycles. The Labute approximate surface area is 160 Å². The standard InChI is InChI=1S/C20H19F2NO3S/c1-27-12-7-5-11(6-8-12)17(10-18(24)25)23-20(26)15-9-14(15)13-3-2-4-16(21)19(13)22/h2-8,14-15,17H,9-10H2,1H3,(H,23,26)(H,24,25). The Bertz CT molecular complexity index is 857. The van der Waals surface area contributed by atoms with Crippen LogP contribution in [0.15, 0.2) is 47.4 Å². The van der Waals surface area contributed by atoms with Gasteiger partial charge in [-0.15, -0.1) is 11.8 Å². The lowest BCUT2D eigenvalue weighted by Gasteiger charge is -2.18. The van der Waals surface area contributed by atoms with Crippen LogP contribution < -0.4 is 5.32 Å². The highest BCUT2D eigenvalue weighted by Gasteiger charge is 2.46. The maximum Gasteiger partial charge on any atom is 0.305 e. The van der Waals surface area contributed by atoms with Crippen molar-refractivity contribution in [2.24, 2.45) is 5.92 Å². The number of benzene rings is 2. The number of thioether (sulfide) groups is 1. The molecule has 2 N–H and O–H groups in total. The second-order valence-corrected chi connectivity index (χ2v) is 7.40. The van der Waals surface area contributed by atoms with E-state index >= 15 is 0 Å². The Balaban J connectivity index is 1.71. The van der Waals surface area contributed by atoms with Crippen LogP contribution in [-0.2, 0) is 9.59 Å². The molecule has 2 aromatic carbocycles. The number of carbonyl (C=O) groups excluding carboxylic acids is 1. The Morgan fingerprint density at radius 2 is 1.93 bits per heavy atom. The molecule has 1 aliphatic carbocycles. The summed E-state index contributed by atoms with van der Waals surface area (Å²) in [5, 5.41) is 11.9. The van der Waals surface area contributed by atoms with Crippen molar-refractivity contribution in [3.8, 4) is 0 Å². The van der Waals surface area contributed by atoms with Gasteiger partial charge in [-0.1, -0.05) is 24.3 Å². The van der Waals surface area contributed by atoms with Crippen LogP contribution in [0.1, 0.15) is 35.9 Å². The Morgan fingerprint density at radius 1 is 1.22 bits per heavy atom. The summed E-state index contributed by atoms with van der Waals surface area (Å²) in [5.41, 5.74) is 0.881. The molecule has 1 saturated carbocycles. The van der Waals surface area contributed by atoms with Crippen LogP contribution in [0.2, 0.25) is 0 Å². The third-order valence-corrected chi connectivity index (χ3v) is 5.47. The number of carboxylic acid groups (broad SMARTS) is 1. The van der Waals surface area contributed by atoms with E-state index in [0.29, 0.717) is 12.0 Å². The largest absolute Gasteiger partial charge is 0.481 e. The first-order chi connectivity index (χ1) is 12.9. The van der Waals surface area contributed by atoms with Gasteiger partial charge in [-0.25, -0.2) is 8.78 Å². The second-order valence-electron chi connectivity index (χ2n) is 6.52. The van der Waals surface area contributed by atoms with E-state index in [4.69, 9.17) is 5.11 Å². The zero-order valence-corrected chi connectivity index (χ0v) is 15.4. The predicted molar refractivity (Wildman–Crippen MR) is 98.6 cm³/mol. The minimum absolute atomic E-state index is 0.189. The van der Waals surface area contributed by atoms with Gasteiger partial charge in [-0.2, -0.15) is 0 Å². The van der Waals surface area contributed by atoms with Gasteiger partial charge in [-0.05, 0) is 47.9 Å². The zero-order chi connectivity index (χ0) is 19.6. The van der Waals surface area contributed by atoms with E-state index in [0.717, 1.165) is 11.0 Å². The van der Waals surface area contributed by atoms with E-state index in [1.54, 1.807) is 23.9 Å². The van der Waals surface area contributed by atoms with Crippen LogP contribution >= 0.6 is 11.8 Å². The summed E-state index contributed by atoms with van der Waals surface area (Å²) >= 11 is 1.56. The number of amides is 1. The smallest absolute Gasteiger partial charge is 0.305 e. The Hall–Kier alpha value is -2.41. The maximum absolute atomic E-state index is 13.9. The summed E-state index contributed by atoms with van der Waals surface area (Å²) in [6.45, 7) is 0. The molecule has 0 aromatic heterocycles. The predicted octanol–water partition coefficient (Wildman–Crippen LogP) is 4.12. The van der Waals surface area contributed by atoms with E-state index in [9.17, 15) is 18.4 Å². The number of rotatable bonds is 7. The topological polar surface area (TPSA) is 66.4 Å². The van der Waals surface area contributed by atoms with Gasteiger partial charge in [0.2, 0.25) is 5.91 Å². The molecule has 0 aliphatic heterocycles. The zero-order valence-electron chi connectivity index (χ0n) is 14.6. The van der Waals surface area contributed by atoms with Crippen molar-refractivity contribution < 1.29 is 23.5 Å². The number of carbonyl (C=O) groups is 2. The first kappa shape index (κ1) is 19.4. The molecule has 7 heteroatoms. The van der Waals surface area contributed by atoms with Crippen molar-refractivity contribution in [1.29, 1.82) is 0 Å². The summed E-state index contributed by atoms with van der Waals surface area (Å²) in [4.78, 5) is 24.8. The number of hydrogen-bond acceptors (Lipinski definition) is 3. The molecule has 27 heavy (non-hydrogen) atoms. The van der Waals surface area contributed by atoms with Crippen LogP contribution in [0.5, 0.6) is 0 Å². The highest BCUT2D eigenvalue weighted by molar-refractivity contribution is 7.98. The summed E-state index contributed by atoms with van der Waals surface area (Å²) in [7, 11) is 0. The highest BCUT2D eigenvalue weighted by atomic mass is 32.2. The average molecular weight is 391 g/mol. The van der Waals surface area contributed by atoms with Crippen molar-refractivity contribution in [2.45, 2.75) is 29.7 Å². The normalized spacial score (nSPS) is 19.4. The minimum Gasteiger partial charge on any atom is -0.481 e. The van der Waals surface area contributed by atoms with Crippen molar-refractivity contribution in [3.05, 3.63) is 65.2 Å². The molecule has 3 unspecified atom stereocenters. The van der Waals surface area contributed by atoms with Crippen LogP contribution in [0.25, 0.3) is 0 Å². The molecule has 1 aliphatic rings. The third kappa shape index (κ3) is 4.47. The van der Waals surface area contributed by atoms with Gasteiger partial charge >= 0.3 is 5.97 Å². The quantitative estimate of drug-likeness (QED) is 0.697. The van der Waals surface area contributed by atoms with Gasteiger partial charge in [0, 0.05) is 10.8 Å². The molecular formula is C20H19F2NO3S. The lowest BCUT2D eigenvalue weighted by molar-refractivity contribution is -0.137. The van der Waals surface area contributed by atoms with Gasteiger partial charge in [0.25, 0.3) is 0 Å².